The van der Waals surface area contributed by atoms with Crippen molar-refractivity contribution >= 4 is 57.3 Å². The zero-order valence-corrected chi connectivity index (χ0v) is 20.4. The summed E-state index contributed by atoms with van der Waals surface area (Å²) in [7, 11) is 1.60. The van der Waals surface area contributed by atoms with Crippen molar-refractivity contribution in [3.8, 4) is 16.3 Å². The third-order valence-corrected chi connectivity index (χ3v) is 6.30. The van der Waals surface area contributed by atoms with Crippen LogP contribution in [-0.4, -0.2) is 47.2 Å². The molecule has 1 aromatic heterocycles. The van der Waals surface area contributed by atoms with Crippen LogP contribution in [0.25, 0.3) is 10.6 Å². The molecule has 0 aliphatic carbocycles. The van der Waals surface area contributed by atoms with Crippen LogP contribution >= 0.6 is 34.5 Å². The molecule has 0 atom stereocenters. The highest BCUT2D eigenvalue weighted by Gasteiger charge is 2.17. The van der Waals surface area contributed by atoms with E-state index in [9.17, 15) is 9.59 Å². The first-order valence-corrected chi connectivity index (χ1v) is 11.8. The van der Waals surface area contributed by atoms with Crippen LogP contribution in [0.4, 0.5) is 15.6 Å². The molecule has 2 aromatic carbocycles. The second-order valence-electron chi connectivity index (χ2n) is 6.96. The highest BCUT2D eigenvalue weighted by atomic mass is 35.5. The quantitative estimate of drug-likeness (QED) is 0.381. The van der Waals surface area contributed by atoms with Gasteiger partial charge in [0, 0.05) is 25.1 Å². The molecule has 3 amide bonds. The fourth-order valence-corrected chi connectivity index (χ4v) is 4.03. The van der Waals surface area contributed by atoms with Gasteiger partial charge in [0.15, 0.2) is 0 Å². The molecular weight excluding hydrogens is 485 g/mol. The maximum atomic E-state index is 12.7. The molecule has 1 heterocycles. The summed E-state index contributed by atoms with van der Waals surface area (Å²) in [5.74, 6) is 0.484. The minimum atomic E-state index is -0.355. The van der Waals surface area contributed by atoms with E-state index >= 15 is 0 Å². The van der Waals surface area contributed by atoms with Crippen molar-refractivity contribution in [1.82, 2.24) is 15.1 Å². The number of hydrogen-bond acceptors (Lipinski definition) is 6. The van der Waals surface area contributed by atoms with E-state index in [1.54, 1.807) is 30.2 Å². The van der Waals surface area contributed by atoms with Crippen LogP contribution in [0.3, 0.4) is 0 Å². The van der Waals surface area contributed by atoms with E-state index in [1.165, 1.54) is 11.3 Å². The van der Waals surface area contributed by atoms with E-state index in [0.29, 0.717) is 27.4 Å². The summed E-state index contributed by atoms with van der Waals surface area (Å²) in [5, 5.41) is 15.3. The minimum Gasteiger partial charge on any atom is -0.497 e. The number of hydrogen-bond donors (Lipinski definition) is 2. The molecule has 0 spiro atoms. The highest BCUT2D eigenvalue weighted by molar-refractivity contribution is 7.18. The van der Waals surface area contributed by atoms with Crippen LogP contribution in [0.5, 0.6) is 5.75 Å². The number of benzene rings is 2. The van der Waals surface area contributed by atoms with E-state index in [-0.39, 0.29) is 29.9 Å². The Balaban J connectivity index is 1.56. The van der Waals surface area contributed by atoms with Crippen molar-refractivity contribution in [2.24, 2.45) is 0 Å². The fourth-order valence-electron chi connectivity index (χ4n) is 2.92. The summed E-state index contributed by atoms with van der Waals surface area (Å²) in [6.07, 6.45) is 0.841. The van der Waals surface area contributed by atoms with E-state index in [0.717, 1.165) is 17.7 Å². The van der Waals surface area contributed by atoms with E-state index in [4.69, 9.17) is 27.9 Å². The van der Waals surface area contributed by atoms with Crippen LogP contribution in [-0.2, 0) is 4.79 Å². The molecule has 174 valence electrons. The number of amides is 3. The van der Waals surface area contributed by atoms with Crippen molar-refractivity contribution in [3.05, 3.63) is 52.5 Å². The predicted octanol–water partition coefficient (Wildman–Crippen LogP) is 5.79. The van der Waals surface area contributed by atoms with Gasteiger partial charge in [0.2, 0.25) is 11.0 Å². The van der Waals surface area contributed by atoms with Gasteiger partial charge in [-0.1, -0.05) is 47.5 Å². The molecule has 11 heteroatoms. The summed E-state index contributed by atoms with van der Waals surface area (Å²) in [6, 6.07) is 12.1. The first-order chi connectivity index (χ1) is 15.9. The lowest BCUT2D eigenvalue weighted by Crippen LogP contribution is -2.37. The summed E-state index contributed by atoms with van der Waals surface area (Å²) < 4.78 is 5.15. The second-order valence-corrected chi connectivity index (χ2v) is 8.72. The molecule has 0 radical (unpaired) electrons. The standard InChI is InChI=1S/C22H23Cl2N5O3S/c1-3-12-29(22(31)25-17-6-4-5-16(23)19(17)24)13-11-18(30)26-21-28-27-20(33-21)14-7-9-15(32-2)10-8-14/h4-10H,3,11-13H2,1-2H3,(H,25,31)(H,26,28,30). The molecule has 8 nitrogen and oxygen atoms in total. The maximum absolute atomic E-state index is 12.7. The van der Waals surface area contributed by atoms with Crippen LogP contribution in [0.1, 0.15) is 19.8 Å². The highest BCUT2D eigenvalue weighted by Crippen LogP contribution is 2.30. The Kier molecular flexibility index (Phi) is 8.87. The van der Waals surface area contributed by atoms with E-state index in [2.05, 4.69) is 20.8 Å². The van der Waals surface area contributed by atoms with Crippen LogP contribution < -0.4 is 15.4 Å². The lowest BCUT2D eigenvalue weighted by atomic mass is 10.2. The Morgan fingerprint density at radius 2 is 1.82 bits per heavy atom. The Morgan fingerprint density at radius 1 is 1.06 bits per heavy atom. The summed E-state index contributed by atoms with van der Waals surface area (Å²) in [6.45, 7) is 2.67. The second kappa shape index (κ2) is 11.8. The Morgan fingerprint density at radius 3 is 2.52 bits per heavy atom. The molecule has 33 heavy (non-hydrogen) atoms. The smallest absolute Gasteiger partial charge is 0.321 e. The van der Waals surface area contributed by atoms with Crippen LogP contribution in [0.2, 0.25) is 10.0 Å². The average molecular weight is 508 g/mol. The average Bonchev–Trinajstić information content (AvgIpc) is 3.28. The Bertz CT molecular complexity index is 1110. The molecule has 0 aliphatic rings. The van der Waals surface area contributed by atoms with E-state index < -0.39 is 0 Å². The van der Waals surface area contributed by atoms with Gasteiger partial charge in [-0.2, -0.15) is 0 Å². The number of urea groups is 1. The van der Waals surface area contributed by atoms with Crippen molar-refractivity contribution in [3.63, 3.8) is 0 Å². The van der Waals surface area contributed by atoms with Gasteiger partial charge in [-0.15, -0.1) is 10.2 Å². The monoisotopic (exact) mass is 507 g/mol. The number of carbonyl (C=O) groups is 2. The van der Waals surface area contributed by atoms with Crippen molar-refractivity contribution in [1.29, 1.82) is 0 Å². The van der Waals surface area contributed by atoms with Gasteiger partial charge in [0.05, 0.1) is 22.8 Å². The molecule has 0 aliphatic heterocycles. The topological polar surface area (TPSA) is 96.5 Å². The number of carbonyl (C=O) groups excluding carboxylic acids is 2. The van der Waals surface area contributed by atoms with Crippen LogP contribution in [0.15, 0.2) is 42.5 Å². The molecule has 3 rings (SSSR count). The molecule has 0 bridgehead atoms. The van der Waals surface area contributed by atoms with Gasteiger partial charge < -0.3 is 20.3 Å². The van der Waals surface area contributed by atoms with Gasteiger partial charge in [0.1, 0.15) is 10.8 Å². The summed E-state index contributed by atoms with van der Waals surface area (Å²) >= 11 is 13.4. The van der Waals surface area contributed by atoms with Gasteiger partial charge >= 0.3 is 6.03 Å². The van der Waals surface area contributed by atoms with Gasteiger partial charge in [0.25, 0.3) is 0 Å². The molecule has 0 unspecified atom stereocenters. The van der Waals surface area contributed by atoms with Crippen LogP contribution in [0, 0.1) is 0 Å². The lowest BCUT2D eigenvalue weighted by Gasteiger charge is -2.22. The first kappa shape index (κ1) is 24.8. The Labute approximate surface area is 205 Å². The predicted molar refractivity (Wildman–Crippen MR) is 132 cm³/mol. The number of aromatic nitrogens is 2. The molecule has 3 aromatic rings. The molecule has 0 saturated carbocycles. The van der Waals surface area contributed by atoms with E-state index in [1.807, 2.05) is 31.2 Å². The SMILES string of the molecule is CCCN(CCC(=O)Nc1nnc(-c2ccc(OC)cc2)s1)C(=O)Nc1cccc(Cl)c1Cl. The summed E-state index contributed by atoms with van der Waals surface area (Å²) in [4.78, 5) is 26.7. The van der Waals surface area contributed by atoms with Crippen molar-refractivity contribution in [2.75, 3.05) is 30.8 Å². The molecule has 2 N–H and O–H groups in total. The van der Waals surface area contributed by atoms with Crippen molar-refractivity contribution in [2.45, 2.75) is 19.8 Å². The lowest BCUT2D eigenvalue weighted by molar-refractivity contribution is -0.116. The number of rotatable bonds is 9. The summed E-state index contributed by atoms with van der Waals surface area (Å²) in [5.41, 5.74) is 1.29. The molecule has 0 saturated heterocycles. The minimum absolute atomic E-state index is 0.105. The number of nitrogens with zero attached hydrogens (tertiary/aromatic N) is 3. The van der Waals surface area contributed by atoms with Crippen molar-refractivity contribution < 1.29 is 14.3 Å². The molecular formula is C22H23Cl2N5O3S. The van der Waals surface area contributed by atoms with Gasteiger partial charge in [-0.25, -0.2) is 4.79 Å². The normalized spacial score (nSPS) is 10.5. The number of halogens is 2. The number of methoxy groups -OCH3 is 1. The third kappa shape index (κ3) is 6.80. The zero-order chi connectivity index (χ0) is 23.8. The van der Waals surface area contributed by atoms with Gasteiger partial charge in [-0.05, 0) is 42.8 Å². The maximum Gasteiger partial charge on any atom is 0.321 e. The number of ether oxygens (including phenoxy) is 1. The third-order valence-electron chi connectivity index (χ3n) is 4.59. The zero-order valence-electron chi connectivity index (χ0n) is 18.1. The van der Waals surface area contributed by atoms with Gasteiger partial charge in [-0.3, -0.25) is 4.79 Å². The number of anilines is 2. The first-order valence-electron chi connectivity index (χ1n) is 10.2. The molecule has 0 fully saturated rings. The number of nitrogens with one attached hydrogen (secondary N) is 2. The Hall–Kier alpha value is -2.88. The fraction of sp³-hybridized carbons (Fsp3) is 0.273. The largest absolute Gasteiger partial charge is 0.497 e.